The van der Waals surface area contributed by atoms with Crippen molar-refractivity contribution in [2.45, 2.75) is 64.8 Å². The minimum absolute atomic E-state index is 0.228. The van der Waals surface area contributed by atoms with E-state index in [0.717, 1.165) is 51.3 Å². The Hall–Kier alpha value is -1.85. The Bertz CT molecular complexity index is 759. The van der Waals surface area contributed by atoms with Gasteiger partial charge in [-0.2, -0.15) is 0 Å². The molecular formula is C27H43N3O2. The Morgan fingerprint density at radius 2 is 1.62 bits per heavy atom. The van der Waals surface area contributed by atoms with E-state index in [9.17, 15) is 4.79 Å². The molecule has 2 aliphatic heterocycles. The molecular weight excluding hydrogens is 398 g/mol. The first kappa shape index (κ1) is 24.8. The zero-order valence-corrected chi connectivity index (χ0v) is 20.6. The van der Waals surface area contributed by atoms with Crippen molar-refractivity contribution in [3.63, 3.8) is 0 Å². The number of ketones is 1. The molecule has 0 N–H and O–H groups in total. The number of Topliss-reactive ketones (excluding diaryl/α,β-unsaturated/α-hetero) is 1. The lowest BCUT2D eigenvalue weighted by Gasteiger charge is -2.44. The monoisotopic (exact) mass is 441 g/mol. The first-order valence-electron chi connectivity index (χ1n) is 12.7. The third-order valence-corrected chi connectivity index (χ3v) is 7.23. The molecule has 5 nitrogen and oxygen atoms in total. The van der Waals surface area contributed by atoms with Crippen LogP contribution in [-0.2, 0) is 4.74 Å². The minimum atomic E-state index is -0.537. The summed E-state index contributed by atoms with van der Waals surface area (Å²) in [4.78, 5) is 21.4. The van der Waals surface area contributed by atoms with Crippen LogP contribution in [0.15, 0.2) is 30.9 Å². The summed E-state index contributed by atoms with van der Waals surface area (Å²) in [5.74, 6) is 0.228. The number of hydrogen-bond donors (Lipinski definition) is 0. The lowest BCUT2D eigenvalue weighted by atomic mass is 9.81. The molecule has 2 aliphatic rings. The van der Waals surface area contributed by atoms with Gasteiger partial charge in [0, 0.05) is 44.8 Å². The van der Waals surface area contributed by atoms with Gasteiger partial charge in [0.2, 0.25) is 0 Å². The maximum Gasteiger partial charge on any atom is 0.183 e. The number of carbonyl (C=O) groups excluding carboxylic acids is 1. The quantitative estimate of drug-likeness (QED) is 0.331. The molecule has 0 radical (unpaired) electrons. The summed E-state index contributed by atoms with van der Waals surface area (Å²) in [6.07, 6.45) is 8.11. The van der Waals surface area contributed by atoms with Crippen LogP contribution in [0.2, 0.25) is 0 Å². The van der Waals surface area contributed by atoms with Crippen molar-refractivity contribution in [1.82, 2.24) is 4.90 Å². The van der Waals surface area contributed by atoms with Crippen molar-refractivity contribution in [3.05, 3.63) is 36.4 Å². The summed E-state index contributed by atoms with van der Waals surface area (Å²) in [6.45, 7) is 17.8. The molecule has 3 rings (SSSR count). The van der Waals surface area contributed by atoms with Crippen LogP contribution in [0.1, 0.15) is 69.7 Å². The van der Waals surface area contributed by atoms with Crippen molar-refractivity contribution in [2.24, 2.45) is 0 Å². The highest BCUT2D eigenvalue weighted by molar-refractivity contribution is 6.05. The summed E-state index contributed by atoms with van der Waals surface area (Å²) in [7, 11) is 0. The minimum Gasteiger partial charge on any atom is -0.379 e. The number of unbranched alkanes of at least 4 members (excludes halogenated alkanes) is 2. The molecule has 5 heteroatoms. The van der Waals surface area contributed by atoms with Crippen LogP contribution in [0, 0.1) is 0 Å². The summed E-state index contributed by atoms with van der Waals surface area (Å²) < 4.78 is 5.58. The highest BCUT2D eigenvalue weighted by Crippen LogP contribution is 2.37. The van der Waals surface area contributed by atoms with Crippen LogP contribution in [0.25, 0.3) is 0 Å². The fourth-order valence-corrected chi connectivity index (χ4v) is 5.22. The molecule has 1 fully saturated rings. The molecule has 32 heavy (non-hydrogen) atoms. The normalized spacial score (nSPS) is 18.8. The predicted molar refractivity (Wildman–Crippen MR) is 135 cm³/mol. The lowest BCUT2D eigenvalue weighted by molar-refractivity contribution is -0.0154. The van der Waals surface area contributed by atoms with Crippen LogP contribution in [-0.4, -0.2) is 68.7 Å². The van der Waals surface area contributed by atoms with Gasteiger partial charge in [0.1, 0.15) is 0 Å². The molecule has 1 unspecified atom stereocenters. The second-order valence-corrected chi connectivity index (χ2v) is 9.19. The Balaban J connectivity index is 1.97. The molecule has 178 valence electrons. The third-order valence-electron chi connectivity index (χ3n) is 7.23. The smallest absolute Gasteiger partial charge is 0.183 e. The highest BCUT2D eigenvalue weighted by atomic mass is 16.5. The van der Waals surface area contributed by atoms with Gasteiger partial charge in [-0.15, -0.1) is 6.58 Å². The van der Waals surface area contributed by atoms with E-state index in [1.54, 1.807) is 0 Å². The van der Waals surface area contributed by atoms with Crippen LogP contribution < -0.4 is 9.80 Å². The number of benzene rings is 1. The molecule has 0 amide bonds. The van der Waals surface area contributed by atoms with Gasteiger partial charge in [-0.3, -0.25) is 9.69 Å². The van der Waals surface area contributed by atoms with E-state index in [1.165, 1.54) is 37.1 Å². The SMILES string of the molecule is C=CCC(CC)(C(=O)c1ccc2c(c1)N(CCCC)CCN2CCCC)N1CCOCC1. The number of nitrogens with zero attached hydrogens (tertiary/aromatic N) is 3. The van der Waals surface area contributed by atoms with E-state index in [-0.39, 0.29) is 5.78 Å². The maximum atomic E-state index is 14.1. The first-order chi connectivity index (χ1) is 15.6. The average molecular weight is 442 g/mol. The average Bonchev–Trinajstić information content (AvgIpc) is 2.84. The number of carbonyl (C=O) groups is 1. The van der Waals surface area contributed by atoms with E-state index in [2.05, 4.69) is 60.2 Å². The molecule has 0 aromatic heterocycles. The highest BCUT2D eigenvalue weighted by Gasteiger charge is 2.42. The van der Waals surface area contributed by atoms with E-state index >= 15 is 0 Å². The Morgan fingerprint density at radius 3 is 2.19 bits per heavy atom. The third kappa shape index (κ3) is 5.20. The Kier molecular flexibility index (Phi) is 9.18. The topological polar surface area (TPSA) is 36.0 Å². The van der Waals surface area contributed by atoms with Gasteiger partial charge in [-0.25, -0.2) is 0 Å². The fourth-order valence-electron chi connectivity index (χ4n) is 5.22. The van der Waals surface area contributed by atoms with E-state index in [4.69, 9.17) is 4.74 Å². The summed E-state index contributed by atoms with van der Waals surface area (Å²) in [5, 5.41) is 0. The second-order valence-electron chi connectivity index (χ2n) is 9.19. The lowest BCUT2D eigenvalue weighted by Crippen LogP contribution is -2.57. The zero-order valence-electron chi connectivity index (χ0n) is 20.6. The van der Waals surface area contributed by atoms with E-state index < -0.39 is 5.54 Å². The van der Waals surface area contributed by atoms with Gasteiger partial charge in [0.05, 0.1) is 30.1 Å². The van der Waals surface area contributed by atoms with Gasteiger partial charge in [-0.1, -0.05) is 39.7 Å². The summed E-state index contributed by atoms with van der Waals surface area (Å²) in [6, 6.07) is 6.45. The molecule has 1 aromatic carbocycles. The largest absolute Gasteiger partial charge is 0.379 e. The van der Waals surface area contributed by atoms with Crippen molar-refractivity contribution < 1.29 is 9.53 Å². The zero-order chi connectivity index (χ0) is 23.0. The van der Waals surface area contributed by atoms with Crippen molar-refractivity contribution in [3.8, 4) is 0 Å². The van der Waals surface area contributed by atoms with Crippen LogP contribution in [0.4, 0.5) is 11.4 Å². The summed E-state index contributed by atoms with van der Waals surface area (Å²) >= 11 is 0. The number of rotatable bonds is 12. The standard InChI is InChI=1S/C27H43N3O2/c1-5-9-14-28-16-17-29(15-10-6-2)25-22-23(11-12-24(25)28)26(31)27(8-4,13-7-3)30-18-20-32-21-19-30/h7,11-12,22H,3,5-6,8-10,13-21H2,1-2,4H3. The molecule has 1 saturated heterocycles. The molecule has 0 saturated carbocycles. The van der Waals surface area contributed by atoms with Gasteiger partial charge < -0.3 is 14.5 Å². The van der Waals surface area contributed by atoms with Crippen molar-refractivity contribution in [1.29, 1.82) is 0 Å². The number of fused-ring (bicyclic) bond motifs is 1. The van der Waals surface area contributed by atoms with E-state index in [1.807, 2.05) is 6.08 Å². The van der Waals surface area contributed by atoms with Crippen molar-refractivity contribution >= 4 is 17.2 Å². The second kappa shape index (κ2) is 11.9. The van der Waals surface area contributed by atoms with Crippen LogP contribution in [0.5, 0.6) is 0 Å². The Labute approximate surface area is 195 Å². The molecule has 2 heterocycles. The fraction of sp³-hybridized carbons (Fsp3) is 0.667. The molecule has 0 spiro atoms. The van der Waals surface area contributed by atoms with Gasteiger partial charge in [0.15, 0.2) is 5.78 Å². The number of morpholine rings is 1. The summed E-state index contributed by atoms with van der Waals surface area (Å²) in [5.41, 5.74) is 2.81. The number of anilines is 2. The molecule has 1 aromatic rings. The van der Waals surface area contributed by atoms with Crippen LogP contribution >= 0.6 is 0 Å². The number of hydrogen-bond acceptors (Lipinski definition) is 5. The van der Waals surface area contributed by atoms with E-state index in [0.29, 0.717) is 19.6 Å². The maximum absolute atomic E-state index is 14.1. The predicted octanol–water partition coefficient (Wildman–Crippen LogP) is 5.15. The Morgan fingerprint density at radius 1 is 1.00 bits per heavy atom. The molecule has 0 aliphatic carbocycles. The molecule has 1 atom stereocenters. The van der Waals surface area contributed by atoms with Crippen molar-refractivity contribution in [2.75, 3.05) is 62.3 Å². The van der Waals surface area contributed by atoms with Gasteiger partial charge >= 0.3 is 0 Å². The van der Waals surface area contributed by atoms with Crippen LogP contribution in [0.3, 0.4) is 0 Å². The van der Waals surface area contributed by atoms with Gasteiger partial charge in [-0.05, 0) is 43.9 Å². The first-order valence-corrected chi connectivity index (χ1v) is 12.7. The van der Waals surface area contributed by atoms with Gasteiger partial charge in [0.25, 0.3) is 0 Å². The molecule has 0 bridgehead atoms. The number of ether oxygens (including phenoxy) is 1.